The van der Waals surface area contributed by atoms with Crippen LogP contribution in [0.4, 0.5) is 0 Å². The van der Waals surface area contributed by atoms with Crippen LogP contribution < -0.4 is 5.63 Å². The van der Waals surface area contributed by atoms with E-state index < -0.39 is 35.1 Å². The quantitative estimate of drug-likeness (QED) is 0.154. The van der Waals surface area contributed by atoms with E-state index in [0.29, 0.717) is 12.8 Å². The predicted octanol–water partition coefficient (Wildman–Crippen LogP) is 6.68. The molecule has 0 saturated heterocycles. The standard InChI is InChI=1S/C29H38O7/c1-8-18(6)26(32)25-28(34)20(14-13-17(5)12-10-11-16(3)4)27(33)24-21(15-23(31)36-29(24)25)22(9-2)35-19(7)30/h11,13,15,18,22,33-34H,8-10,12,14H2,1-7H3. The summed E-state index contributed by atoms with van der Waals surface area (Å²) in [5.74, 6) is -2.11. The Morgan fingerprint density at radius 1 is 1.06 bits per heavy atom. The van der Waals surface area contributed by atoms with Crippen molar-refractivity contribution in [3.8, 4) is 11.5 Å². The number of phenolic OH excluding ortho intramolecular Hbond substituents is 2. The van der Waals surface area contributed by atoms with Crippen LogP contribution in [0, 0.1) is 5.92 Å². The van der Waals surface area contributed by atoms with Crippen LogP contribution >= 0.6 is 0 Å². The van der Waals surface area contributed by atoms with Gasteiger partial charge in [-0.1, -0.05) is 44.1 Å². The van der Waals surface area contributed by atoms with Gasteiger partial charge in [0.05, 0.1) is 5.39 Å². The normalized spacial score (nSPS) is 13.4. The Hall–Kier alpha value is -3.35. The molecule has 1 heterocycles. The fourth-order valence-electron chi connectivity index (χ4n) is 4.09. The number of carbonyl (C=O) groups is 2. The number of benzene rings is 1. The molecule has 0 fully saturated rings. The number of phenols is 2. The van der Waals surface area contributed by atoms with Gasteiger partial charge in [0.25, 0.3) is 0 Å². The van der Waals surface area contributed by atoms with Crippen molar-refractivity contribution in [2.45, 2.75) is 86.7 Å². The summed E-state index contributed by atoms with van der Waals surface area (Å²) >= 11 is 0. The average molecular weight is 499 g/mol. The molecule has 7 nitrogen and oxygen atoms in total. The van der Waals surface area contributed by atoms with Crippen LogP contribution in [0.3, 0.4) is 0 Å². The van der Waals surface area contributed by atoms with Gasteiger partial charge >= 0.3 is 11.6 Å². The maximum Gasteiger partial charge on any atom is 0.336 e. The highest BCUT2D eigenvalue weighted by atomic mass is 16.5. The molecule has 0 aliphatic heterocycles. The molecule has 2 atom stereocenters. The first-order chi connectivity index (χ1) is 16.9. The van der Waals surface area contributed by atoms with Crippen LogP contribution in [0.1, 0.15) is 102 Å². The number of fused-ring (bicyclic) bond motifs is 1. The molecule has 196 valence electrons. The van der Waals surface area contributed by atoms with E-state index in [4.69, 9.17) is 9.15 Å². The van der Waals surface area contributed by atoms with Gasteiger partial charge in [0.15, 0.2) is 11.4 Å². The lowest BCUT2D eigenvalue weighted by Crippen LogP contribution is -2.16. The van der Waals surface area contributed by atoms with Crippen molar-refractivity contribution in [2.75, 3.05) is 0 Å². The van der Waals surface area contributed by atoms with Gasteiger partial charge in [0, 0.05) is 30.0 Å². The van der Waals surface area contributed by atoms with Gasteiger partial charge in [-0.15, -0.1) is 0 Å². The fourth-order valence-corrected chi connectivity index (χ4v) is 4.09. The van der Waals surface area contributed by atoms with Gasteiger partial charge in [-0.3, -0.25) is 9.59 Å². The van der Waals surface area contributed by atoms with Crippen molar-refractivity contribution in [2.24, 2.45) is 5.92 Å². The van der Waals surface area contributed by atoms with E-state index in [-0.39, 0.29) is 39.8 Å². The maximum absolute atomic E-state index is 13.3. The number of hydrogen-bond acceptors (Lipinski definition) is 7. The molecule has 1 aromatic heterocycles. The smallest absolute Gasteiger partial charge is 0.336 e. The van der Waals surface area contributed by atoms with E-state index in [1.54, 1.807) is 13.8 Å². The van der Waals surface area contributed by atoms with Gasteiger partial charge < -0.3 is 19.4 Å². The second kappa shape index (κ2) is 12.6. The Morgan fingerprint density at radius 3 is 2.28 bits per heavy atom. The van der Waals surface area contributed by atoms with Crippen molar-refractivity contribution in [3.05, 3.63) is 56.5 Å². The third kappa shape index (κ3) is 6.65. The molecule has 0 bridgehead atoms. The van der Waals surface area contributed by atoms with Crippen molar-refractivity contribution in [1.29, 1.82) is 0 Å². The summed E-state index contributed by atoms with van der Waals surface area (Å²) < 4.78 is 10.8. The zero-order valence-electron chi connectivity index (χ0n) is 22.4. The lowest BCUT2D eigenvalue weighted by atomic mass is 9.89. The van der Waals surface area contributed by atoms with Gasteiger partial charge in [0.2, 0.25) is 0 Å². The van der Waals surface area contributed by atoms with E-state index in [9.17, 15) is 24.6 Å². The summed E-state index contributed by atoms with van der Waals surface area (Å²) in [5.41, 5.74) is 1.57. The van der Waals surface area contributed by atoms with Crippen LogP contribution in [0.5, 0.6) is 11.5 Å². The largest absolute Gasteiger partial charge is 0.507 e. The monoisotopic (exact) mass is 498 g/mol. The zero-order valence-corrected chi connectivity index (χ0v) is 22.4. The first kappa shape index (κ1) is 28.9. The molecule has 0 radical (unpaired) electrons. The van der Waals surface area contributed by atoms with Gasteiger partial charge in [-0.05, 0) is 52.9 Å². The second-order valence-electron chi connectivity index (χ2n) is 9.53. The minimum atomic E-state index is -0.842. The first-order valence-electron chi connectivity index (χ1n) is 12.5. The molecule has 2 rings (SSSR count). The number of rotatable bonds is 11. The maximum atomic E-state index is 13.3. The van der Waals surface area contributed by atoms with Crippen LogP contribution in [-0.4, -0.2) is 22.0 Å². The van der Waals surface area contributed by atoms with Gasteiger partial charge in [-0.25, -0.2) is 4.79 Å². The molecule has 1 aromatic carbocycles. The van der Waals surface area contributed by atoms with Crippen molar-refractivity contribution < 1.29 is 29.0 Å². The number of ether oxygens (including phenoxy) is 1. The second-order valence-corrected chi connectivity index (χ2v) is 9.53. The molecule has 0 spiro atoms. The summed E-state index contributed by atoms with van der Waals surface area (Å²) in [6.45, 7) is 12.6. The van der Waals surface area contributed by atoms with E-state index >= 15 is 0 Å². The molecule has 0 amide bonds. The molecule has 2 N–H and O–H groups in total. The minimum Gasteiger partial charge on any atom is -0.507 e. The number of ketones is 1. The predicted molar refractivity (Wildman–Crippen MR) is 141 cm³/mol. The average Bonchev–Trinajstić information content (AvgIpc) is 2.80. The van der Waals surface area contributed by atoms with Crippen LogP contribution in [0.25, 0.3) is 11.0 Å². The zero-order chi connectivity index (χ0) is 27.2. The molecular weight excluding hydrogens is 460 g/mol. The number of allylic oxidation sites excluding steroid dienone is 4. The molecule has 36 heavy (non-hydrogen) atoms. The Bertz CT molecular complexity index is 1240. The summed E-state index contributed by atoms with van der Waals surface area (Å²) in [4.78, 5) is 37.6. The summed E-state index contributed by atoms with van der Waals surface area (Å²) in [5, 5.41) is 22.6. The third-order valence-electron chi connectivity index (χ3n) is 6.34. The Kier molecular flexibility index (Phi) is 10.1. The Morgan fingerprint density at radius 2 is 1.72 bits per heavy atom. The SMILES string of the molecule is CCC(C)C(=O)c1c(O)c(CC=C(C)CCC=C(C)C)c(O)c2c(C(CC)OC(C)=O)cc(=O)oc12. The van der Waals surface area contributed by atoms with E-state index in [1.807, 2.05) is 33.8 Å². The topological polar surface area (TPSA) is 114 Å². The first-order valence-corrected chi connectivity index (χ1v) is 12.5. The van der Waals surface area contributed by atoms with E-state index in [1.165, 1.54) is 12.5 Å². The molecule has 0 aliphatic carbocycles. The number of carbonyl (C=O) groups excluding carboxylic acids is 2. The van der Waals surface area contributed by atoms with Gasteiger partial charge in [-0.2, -0.15) is 0 Å². The number of aromatic hydroxyl groups is 2. The molecular formula is C29H38O7. The highest BCUT2D eigenvalue weighted by molar-refractivity contribution is 6.12. The van der Waals surface area contributed by atoms with Crippen LogP contribution in [0.15, 0.2) is 38.6 Å². The lowest BCUT2D eigenvalue weighted by Gasteiger charge is -2.21. The molecule has 0 saturated carbocycles. The summed E-state index contributed by atoms with van der Waals surface area (Å²) in [6, 6.07) is 1.16. The minimum absolute atomic E-state index is 0.0951. The Labute approximate surface area is 212 Å². The third-order valence-corrected chi connectivity index (χ3v) is 6.34. The van der Waals surface area contributed by atoms with Crippen LogP contribution in [-0.2, 0) is 16.0 Å². The molecule has 2 unspecified atom stereocenters. The van der Waals surface area contributed by atoms with Crippen molar-refractivity contribution in [1.82, 2.24) is 0 Å². The number of esters is 1. The molecule has 2 aromatic rings. The number of Topliss-reactive ketones (excluding diaryl/α,β-unsaturated/α-hetero) is 1. The van der Waals surface area contributed by atoms with E-state index in [2.05, 4.69) is 6.08 Å². The van der Waals surface area contributed by atoms with Gasteiger partial charge in [0.1, 0.15) is 23.2 Å². The highest BCUT2D eigenvalue weighted by Gasteiger charge is 2.31. The number of hydrogen-bond donors (Lipinski definition) is 2. The van der Waals surface area contributed by atoms with Crippen molar-refractivity contribution >= 4 is 22.7 Å². The molecule has 7 heteroatoms. The highest BCUT2D eigenvalue weighted by Crippen LogP contribution is 2.44. The molecule has 0 aliphatic rings. The van der Waals surface area contributed by atoms with Crippen LogP contribution in [0.2, 0.25) is 0 Å². The lowest BCUT2D eigenvalue weighted by molar-refractivity contribution is -0.146. The summed E-state index contributed by atoms with van der Waals surface area (Å²) in [6.07, 6.45) is 5.87. The Balaban J connectivity index is 2.84. The van der Waals surface area contributed by atoms with E-state index in [0.717, 1.165) is 24.5 Å². The fraction of sp³-hybridized carbons (Fsp3) is 0.483. The summed E-state index contributed by atoms with van der Waals surface area (Å²) in [7, 11) is 0. The van der Waals surface area contributed by atoms with Crippen molar-refractivity contribution in [3.63, 3.8) is 0 Å².